The second-order valence-electron chi connectivity index (χ2n) is 5.94. The second-order valence-corrected chi connectivity index (χ2v) is 6.37. The summed E-state index contributed by atoms with van der Waals surface area (Å²) in [4.78, 5) is 14.2. The molecule has 0 bridgehead atoms. The van der Waals surface area contributed by atoms with Gasteiger partial charge in [0.25, 0.3) is 5.91 Å². The Hall–Kier alpha value is -1.91. The van der Waals surface area contributed by atoms with Gasteiger partial charge in [-0.3, -0.25) is 4.79 Å². The normalized spacial score (nSPS) is 17.8. The van der Waals surface area contributed by atoms with Crippen LogP contribution >= 0.6 is 11.6 Å². The van der Waals surface area contributed by atoms with Crippen LogP contribution in [-0.2, 0) is 11.3 Å². The van der Waals surface area contributed by atoms with Crippen LogP contribution < -0.4 is 0 Å². The number of benzene rings is 2. The Morgan fingerprint density at radius 3 is 2.88 bits per heavy atom. The number of carbonyl (C=O) groups is 1. The molecule has 1 fully saturated rings. The van der Waals surface area contributed by atoms with E-state index in [-0.39, 0.29) is 17.6 Å². The second kappa shape index (κ2) is 7.77. The minimum absolute atomic E-state index is 0.0477. The lowest BCUT2D eigenvalue weighted by molar-refractivity contribution is -0.00685. The van der Waals surface area contributed by atoms with Gasteiger partial charge >= 0.3 is 0 Å². The van der Waals surface area contributed by atoms with Crippen molar-refractivity contribution >= 4 is 17.5 Å². The molecule has 1 aliphatic heterocycles. The van der Waals surface area contributed by atoms with Crippen LogP contribution in [0.2, 0.25) is 5.02 Å². The Labute approximate surface area is 146 Å². The Morgan fingerprint density at radius 1 is 1.25 bits per heavy atom. The molecule has 1 atom stereocenters. The van der Waals surface area contributed by atoms with Crippen molar-refractivity contribution in [2.45, 2.75) is 25.6 Å². The Bertz CT molecular complexity index is 722. The smallest absolute Gasteiger partial charge is 0.256 e. The molecule has 2 aromatic rings. The van der Waals surface area contributed by atoms with Crippen LogP contribution in [0.4, 0.5) is 4.39 Å². The summed E-state index contributed by atoms with van der Waals surface area (Å²) in [6, 6.07) is 13.6. The molecule has 2 aromatic carbocycles. The maximum Gasteiger partial charge on any atom is 0.256 e. The van der Waals surface area contributed by atoms with Gasteiger partial charge in [-0.2, -0.15) is 0 Å². The summed E-state index contributed by atoms with van der Waals surface area (Å²) in [6.45, 7) is 1.56. The highest BCUT2D eigenvalue weighted by Gasteiger charge is 2.26. The van der Waals surface area contributed by atoms with Crippen molar-refractivity contribution in [2.75, 3.05) is 13.1 Å². The summed E-state index contributed by atoms with van der Waals surface area (Å²) in [7, 11) is 0. The van der Waals surface area contributed by atoms with Crippen molar-refractivity contribution in [2.24, 2.45) is 0 Å². The monoisotopic (exact) mass is 347 g/mol. The van der Waals surface area contributed by atoms with Crippen molar-refractivity contribution in [1.29, 1.82) is 0 Å². The van der Waals surface area contributed by atoms with E-state index in [0.29, 0.717) is 24.7 Å². The summed E-state index contributed by atoms with van der Waals surface area (Å²) in [5, 5.41) is 0.677. The molecule has 0 aliphatic carbocycles. The van der Waals surface area contributed by atoms with Gasteiger partial charge in [0.15, 0.2) is 0 Å². The molecule has 0 spiro atoms. The van der Waals surface area contributed by atoms with Crippen molar-refractivity contribution in [3.8, 4) is 0 Å². The van der Waals surface area contributed by atoms with Crippen LogP contribution in [0.15, 0.2) is 48.5 Å². The summed E-state index contributed by atoms with van der Waals surface area (Å²) >= 11 is 5.97. The molecule has 1 saturated heterocycles. The zero-order valence-electron chi connectivity index (χ0n) is 13.3. The average Bonchev–Trinajstić information content (AvgIpc) is 2.60. The number of piperidine rings is 1. The number of hydrogen-bond donors (Lipinski definition) is 0. The SMILES string of the molecule is O=C(c1ccccc1F)N1CCC[C@@H](OCc2cccc(Cl)c2)C1. The number of amides is 1. The highest BCUT2D eigenvalue weighted by atomic mass is 35.5. The Morgan fingerprint density at radius 2 is 2.08 bits per heavy atom. The highest BCUT2D eigenvalue weighted by molar-refractivity contribution is 6.30. The third-order valence-electron chi connectivity index (χ3n) is 4.14. The maximum absolute atomic E-state index is 13.8. The topological polar surface area (TPSA) is 29.5 Å². The molecule has 0 radical (unpaired) electrons. The van der Waals surface area contributed by atoms with Crippen LogP contribution in [0.5, 0.6) is 0 Å². The summed E-state index contributed by atoms with van der Waals surface area (Å²) in [6.07, 6.45) is 1.69. The fourth-order valence-electron chi connectivity index (χ4n) is 2.90. The van der Waals surface area contributed by atoms with E-state index in [2.05, 4.69) is 0 Å². The minimum atomic E-state index is -0.482. The predicted octanol–water partition coefficient (Wildman–Crippen LogP) is 4.30. The van der Waals surface area contributed by atoms with E-state index >= 15 is 0 Å². The van der Waals surface area contributed by atoms with Gasteiger partial charge in [0.1, 0.15) is 5.82 Å². The first-order valence-electron chi connectivity index (χ1n) is 8.03. The van der Waals surface area contributed by atoms with Gasteiger partial charge in [0.2, 0.25) is 0 Å². The summed E-state index contributed by atoms with van der Waals surface area (Å²) in [5.41, 5.74) is 1.12. The van der Waals surface area contributed by atoms with Crippen LogP contribution in [-0.4, -0.2) is 30.0 Å². The maximum atomic E-state index is 13.8. The van der Waals surface area contributed by atoms with E-state index in [1.54, 1.807) is 17.0 Å². The Balaban J connectivity index is 1.60. The molecule has 1 aliphatic rings. The van der Waals surface area contributed by atoms with Gasteiger partial charge in [-0.25, -0.2) is 4.39 Å². The zero-order chi connectivity index (χ0) is 16.9. The number of rotatable bonds is 4. The van der Waals surface area contributed by atoms with Gasteiger partial charge in [0.05, 0.1) is 18.3 Å². The lowest BCUT2D eigenvalue weighted by Crippen LogP contribution is -2.43. The van der Waals surface area contributed by atoms with Crippen molar-refractivity contribution in [3.05, 3.63) is 70.5 Å². The molecule has 126 valence electrons. The van der Waals surface area contributed by atoms with Gasteiger partial charge < -0.3 is 9.64 Å². The van der Waals surface area contributed by atoms with E-state index in [4.69, 9.17) is 16.3 Å². The lowest BCUT2D eigenvalue weighted by Gasteiger charge is -2.32. The number of nitrogens with zero attached hydrogens (tertiary/aromatic N) is 1. The molecule has 5 heteroatoms. The molecule has 0 aromatic heterocycles. The number of carbonyl (C=O) groups excluding carboxylic acids is 1. The van der Waals surface area contributed by atoms with E-state index in [1.807, 2.05) is 24.3 Å². The van der Waals surface area contributed by atoms with Crippen molar-refractivity contribution in [3.63, 3.8) is 0 Å². The van der Waals surface area contributed by atoms with Crippen LogP contribution in [0.25, 0.3) is 0 Å². The van der Waals surface area contributed by atoms with Crippen LogP contribution in [0.1, 0.15) is 28.8 Å². The number of likely N-dealkylation sites (tertiary alicyclic amines) is 1. The predicted molar refractivity (Wildman–Crippen MR) is 91.6 cm³/mol. The molecule has 1 amide bonds. The fourth-order valence-corrected chi connectivity index (χ4v) is 3.12. The molecule has 3 rings (SSSR count). The largest absolute Gasteiger partial charge is 0.372 e. The van der Waals surface area contributed by atoms with Crippen molar-refractivity contribution < 1.29 is 13.9 Å². The molecule has 0 unspecified atom stereocenters. The summed E-state index contributed by atoms with van der Waals surface area (Å²) < 4.78 is 19.7. The Kier molecular flexibility index (Phi) is 5.48. The molecule has 1 heterocycles. The third kappa shape index (κ3) is 4.13. The first-order chi connectivity index (χ1) is 11.6. The molecule has 0 saturated carbocycles. The third-order valence-corrected chi connectivity index (χ3v) is 4.38. The van der Waals surface area contributed by atoms with E-state index < -0.39 is 5.82 Å². The molecule has 24 heavy (non-hydrogen) atoms. The van der Waals surface area contributed by atoms with Gasteiger partial charge in [0, 0.05) is 18.1 Å². The molecular formula is C19H19ClFNO2. The van der Waals surface area contributed by atoms with E-state index in [9.17, 15) is 9.18 Å². The fraction of sp³-hybridized carbons (Fsp3) is 0.316. The minimum Gasteiger partial charge on any atom is -0.372 e. The average molecular weight is 348 g/mol. The molecule has 3 nitrogen and oxygen atoms in total. The molecular weight excluding hydrogens is 329 g/mol. The van der Waals surface area contributed by atoms with Crippen LogP contribution in [0, 0.1) is 5.82 Å². The first kappa shape index (κ1) is 16.9. The number of halogens is 2. The first-order valence-corrected chi connectivity index (χ1v) is 8.41. The zero-order valence-corrected chi connectivity index (χ0v) is 14.0. The standard InChI is InChI=1S/C19H19ClFNO2/c20-15-6-3-5-14(11-15)13-24-16-7-4-10-22(12-16)19(23)17-8-1-2-9-18(17)21/h1-3,5-6,8-9,11,16H,4,7,10,12-13H2/t16-/m1/s1. The van der Waals surface area contributed by atoms with Gasteiger partial charge in [-0.05, 0) is 42.7 Å². The van der Waals surface area contributed by atoms with Crippen molar-refractivity contribution in [1.82, 2.24) is 4.90 Å². The van der Waals surface area contributed by atoms with Gasteiger partial charge in [-0.15, -0.1) is 0 Å². The summed E-state index contributed by atoms with van der Waals surface area (Å²) in [5.74, 6) is -0.756. The lowest BCUT2D eigenvalue weighted by atomic mass is 10.1. The van der Waals surface area contributed by atoms with E-state index in [0.717, 1.165) is 18.4 Å². The molecule has 0 N–H and O–H groups in total. The number of ether oxygens (including phenoxy) is 1. The van der Waals surface area contributed by atoms with E-state index in [1.165, 1.54) is 12.1 Å². The van der Waals surface area contributed by atoms with Crippen LogP contribution in [0.3, 0.4) is 0 Å². The highest BCUT2D eigenvalue weighted by Crippen LogP contribution is 2.19. The number of hydrogen-bond acceptors (Lipinski definition) is 2. The quantitative estimate of drug-likeness (QED) is 0.825. The van der Waals surface area contributed by atoms with Gasteiger partial charge in [-0.1, -0.05) is 35.9 Å².